The standard InChI is InChI=1S/C30H47NO11/c1-9-18(3)14-37-28(35)41-22-12-11-21(13-23(22)42-29(36)38-15-19(4)10-2)24(25(31)26(32)33)20(5)16-39-27(34)40-17-30(6,7)8/h11-13,18-20,24-25H,9-10,14-17,31H2,1-8H3,(H,32,33)/t18?,19?,20?,24?,25-/m0/s1. The van der Waals surface area contributed by atoms with E-state index in [9.17, 15) is 24.3 Å². The molecular weight excluding hydrogens is 550 g/mol. The van der Waals surface area contributed by atoms with Crippen molar-refractivity contribution in [3.63, 3.8) is 0 Å². The normalized spacial score (nSPS) is 14.9. The van der Waals surface area contributed by atoms with Gasteiger partial charge < -0.3 is 39.3 Å². The molecule has 1 aromatic carbocycles. The second-order valence-corrected chi connectivity index (χ2v) is 11.8. The van der Waals surface area contributed by atoms with Gasteiger partial charge in [-0.25, -0.2) is 14.4 Å². The van der Waals surface area contributed by atoms with Gasteiger partial charge in [0.1, 0.15) is 6.04 Å². The van der Waals surface area contributed by atoms with Crippen LogP contribution in [0.3, 0.4) is 0 Å². The van der Waals surface area contributed by atoms with Crippen LogP contribution in [0.2, 0.25) is 0 Å². The van der Waals surface area contributed by atoms with Gasteiger partial charge in [0.05, 0.1) is 26.4 Å². The number of hydrogen-bond donors (Lipinski definition) is 2. The lowest BCUT2D eigenvalue weighted by atomic mass is 9.82. The number of carbonyl (C=O) groups is 4. The van der Waals surface area contributed by atoms with Gasteiger partial charge in [0.25, 0.3) is 0 Å². The van der Waals surface area contributed by atoms with Gasteiger partial charge in [-0.05, 0) is 40.9 Å². The lowest BCUT2D eigenvalue weighted by Gasteiger charge is -2.28. The Labute approximate surface area is 248 Å². The Morgan fingerprint density at radius 1 is 0.786 bits per heavy atom. The van der Waals surface area contributed by atoms with E-state index in [1.807, 2.05) is 48.5 Å². The maximum Gasteiger partial charge on any atom is 0.513 e. The van der Waals surface area contributed by atoms with Crippen LogP contribution in [-0.4, -0.2) is 62.0 Å². The summed E-state index contributed by atoms with van der Waals surface area (Å²) < 4.78 is 31.3. The third kappa shape index (κ3) is 13.4. The Morgan fingerprint density at radius 2 is 1.29 bits per heavy atom. The second kappa shape index (κ2) is 17.4. The van der Waals surface area contributed by atoms with Gasteiger partial charge in [0.15, 0.2) is 11.5 Å². The molecule has 42 heavy (non-hydrogen) atoms. The first-order chi connectivity index (χ1) is 19.6. The molecule has 4 unspecified atom stereocenters. The van der Waals surface area contributed by atoms with E-state index in [0.717, 1.165) is 12.8 Å². The molecule has 0 aromatic heterocycles. The van der Waals surface area contributed by atoms with Crippen molar-refractivity contribution in [3.05, 3.63) is 23.8 Å². The molecule has 0 radical (unpaired) electrons. The van der Waals surface area contributed by atoms with E-state index < -0.39 is 42.3 Å². The molecule has 0 saturated heterocycles. The van der Waals surface area contributed by atoms with Gasteiger partial charge >= 0.3 is 24.4 Å². The second-order valence-electron chi connectivity index (χ2n) is 11.8. The van der Waals surface area contributed by atoms with Crippen molar-refractivity contribution in [3.8, 4) is 11.5 Å². The van der Waals surface area contributed by atoms with E-state index in [2.05, 4.69) is 0 Å². The number of ether oxygens (including phenoxy) is 6. The smallest absolute Gasteiger partial charge is 0.480 e. The average Bonchev–Trinajstić information content (AvgIpc) is 2.93. The van der Waals surface area contributed by atoms with E-state index >= 15 is 0 Å². The summed E-state index contributed by atoms with van der Waals surface area (Å²) in [4.78, 5) is 48.9. The molecule has 3 N–H and O–H groups in total. The van der Waals surface area contributed by atoms with Crippen molar-refractivity contribution in [2.24, 2.45) is 28.9 Å². The Balaban J connectivity index is 3.28. The molecule has 0 fully saturated rings. The molecule has 5 atom stereocenters. The highest BCUT2D eigenvalue weighted by Gasteiger charge is 2.33. The van der Waals surface area contributed by atoms with Crippen LogP contribution in [0.15, 0.2) is 18.2 Å². The van der Waals surface area contributed by atoms with Crippen LogP contribution >= 0.6 is 0 Å². The fourth-order valence-electron chi connectivity index (χ4n) is 3.45. The third-order valence-corrected chi connectivity index (χ3v) is 6.48. The molecule has 0 heterocycles. The average molecular weight is 598 g/mol. The lowest BCUT2D eigenvalue weighted by molar-refractivity contribution is -0.139. The van der Waals surface area contributed by atoms with E-state index in [0.29, 0.717) is 5.56 Å². The van der Waals surface area contributed by atoms with E-state index in [1.165, 1.54) is 18.2 Å². The molecule has 1 aromatic rings. The summed E-state index contributed by atoms with van der Waals surface area (Å²) in [5, 5.41) is 9.72. The molecule has 238 valence electrons. The van der Waals surface area contributed by atoms with Gasteiger partial charge in [-0.2, -0.15) is 0 Å². The SMILES string of the molecule is CCC(C)COC(=O)Oc1ccc(C(C(C)COC(=O)OCC(C)(C)C)[C@H](N)C(=O)O)cc1OC(=O)OCC(C)CC. The molecular formula is C30H47NO11. The van der Waals surface area contributed by atoms with Crippen LogP contribution in [0.5, 0.6) is 11.5 Å². The van der Waals surface area contributed by atoms with Gasteiger partial charge in [0, 0.05) is 5.92 Å². The summed E-state index contributed by atoms with van der Waals surface area (Å²) in [5.74, 6) is -2.99. The largest absolute Gasteiger partial charge is 0.513 e. The predicted octanol–water partition coefficient (Wildman–Crippen LogP) is 6.14. The highest BCUT2D eigenvalue weighted by molar-refractivity contribution is 5.75. The topological polar surface area (TPSA) is 170 Å². The molecule has 12 nitrogen and oxygen atoms in total. The molecule has 0 aliphatic rings. The predicted molar refractivity (Wildman–Crippen MR) is 154 cm³/mol. The zero-order valence-electron chi connectivity index (χ0n) is 26.0. The van der Waals surface area contributed by atoms with Crippen LogP contribution < -0.4 is 15.2 Å². The molecule has 0 saturated carbocycles. The summed E-state index contributed by atoms with van der Waals surface area (Å²) in [6.45, 7) is 15.2. The van der Waals surface area contributed by atoms with Crippen molar-refractivity contribution in [2.45, 2.75) is 80.2 Å². The Morgan fingerprint density at radius 3 is 1.76 bits per heavy atom. The molecule has 12 heteroatoms. The highest BCUT2D eigenvalue weighted by atomic mass is 16.7. The quantitative estimate of drug-likeness (QED) is 0.135. The summed E-state index contributed by atoms with van der Waals surface area (Å²) in [5.41, 5.74) is 6.11. The van der Waals surface area contributed by atoms with Gasteiger partial charge in [-0.1, -0.05) is 74.3 Å². The zero-order valence-corrected chi connectivity index (χ0v) is 26.0. The molecule has 0 bridgehead atoms. The number of carboxylic acids is 1. The lowest BCUT2D eigenvalue weighted by Crippen LogP contribution is -2.40. The molecule has 0 aliphatic heterocycles. The van der Waals surface area contributed by atoms with Crippen LogP contribution in [0, 0.1) is 23.2 Å². The summed E-state index contributed by atoms with van der Waals surface area (Å²) in [6, 6.07) is 2.73. The number of carboxylic acid groups (broad SMARTS) is 1. The van der Waals surface area contributed by atoms with Gasteiger partial charge in [0.2, 0.25) is 0 Å². The van der Waals surface area contributed by atoms with Gasteiger partial charge in [-0.3, -0.25) is 4.79 Å². The van der Waals surface area contributed by atoms with Crippen LogP contribution in [0.4, 0.5) is 14.4 Å². The maximum absolute atomic E-state index is 12.5. The van der Waals surface area contributed by atoms with Crippen molar-refractivity contribution in [1.82, 2.24) is 0 Å². The minimum Gasteiger partial charge on any atom is -0.480 e. The van der Waals surface area contributed by atoms with Crippen LogP contribution in [-0.2, 0) is 23.7 Å². The minimum atomic E-state index is -1.42. The number of nitrogens with two attached hydrogens (primary N) is 1. The first-order valence-electron chi connectivity index (χ1n) is 14.2. The van der Waals surface area contributed by atoms with Crippen molar-refractivity contribution in [2.75, 3.05) is 26.4 Å². The van der Waals surface area contributed by atoms with E-state index in [1.54, 1.807) is 6.92 Å². The maximum atomic E-state index is 12.5. The number of carbonyl (C=O) groups excluding carboxylic acids is 3. The van der Waals surface area contributed by atoms with E-state index in [4.69, 9.17) is 34.2 Å². The van der Waals surface area contributed by atoms with Crippen LogP contribution in [0.25, 0.3) is 0 Å². The van der Waals surface area contributed by atoms with Crippen LogP contribution in [0.1, 0.15) is 79.7 Å². The number of hydrogen-bond acceptors (Lipinski definition) is 11. The first kappa shape index (κ1) is 36.5. The molecule has 0 spiro atoms. The molecule has 1 rings (SSSR count). The van der Waals surface area contributed by atoms with Crippen molar-refractivity contribution < 1.29 is 52.7 Å². The monoisotopic (exact) mass is 597 g/mol. The zero-order chi connectivity index (χ0) is 32.0. The Hall–Kier alpha value is -3.54. The Kier molecular flexibility index (Phi) is 15.1. The summed E-state index contributed by atoms with van der Waals surface area (Å²) >= 11 is 0. The highest BCUT2D eigenvalue weighted by Crippen LogP contribution is 2.36. The first-order valence-corrected chi connectivity index (χ1v) is 14.2. The summed E-state index contributed by atoms with van der Waals surface area (Å²) in [7, 11) is 0. The fourth-order valence-corrected chi connectivity index (χ4v) is 3.45. The summed E-state index contributed by atoms with van der Waals surface area (Å²) in [6.07, 6.45) is -1.37. The minimum absolute atomic E-state index is 0.0871. The number of rotatable bonds is 15. The third-order valence-electron chi connectivity index (χ3n) is 6.48. The van der Waals surface area contributed by atoms with Crippen molar-refractivity contribution in [1.29, 1.82) is 0 Å². The molecule has 0 aliphatic carbocycles. The Bertz CT molecular complexity index is 1040. The fraction of sp³-hybridized carbons (Fsp3) is 0.667. The van der Waals surface area contributed by atoms with Crippen molar-refractivity contribution >= 4 is 24.4 Å². The number of aliphatic carboxylic acids is 1. The van der Waals surface area contributed by atoms with E-state index in [-0.39, 0.29) is 55.2 Å². The van der Waals surface area contributed by atoms with Gasteiger partial charge in [-0.15, -0.1) is 0 Å². The number of benzene rings is 1. The molecule has 0 amide bonds.